The smallest absolute Gasteiger partial charge is 0.251 e. The molecule has 3 rings (SSSR count). The molecular formula is C18H19NO4. The molecule has 1 amide bonds. The number of methoxy groups -OCH3 is 1. The van der Waals surface area contributed by atoms with E-state index in [1.54, 1.807) is 25.3 Å². The molecule has 2 aromatic rings. The molecule has 0 aliphatic carbocycles. The molecule has 120 valence electrons. The number of benzene rings is 2. The van der Waals surface area contributed by atoms with Crippen molar-refractivity contribution in [2.75, 3.05) is 13.7 Å². The summed E-state index contributed by atoms with van der Waals surface area (Å²) < 4.78 is 10.6. The number of hydrogen-bond donors (Lipinski definition) is 2. The summed E-state index contributed by atoms with van der Waals surface area (Å²) >= 11 is 0. The third-order valence-corrected chi connectivity index (χ3v) is 4.00. The predicted molar refractivity (Wildman–Crippen MR) is 85.6 cm³/mol. The van der Waals surface area contributed by atoms with Gasteiger partial charge >= 0.3 is 0 Å². The van der Waals surface area contributed by atoms with Crippen molar-refractivity contribution in [2.24, 2.45) is 0 Å². The number of nitrogens with one attached hydrogen (secondary N) is 1. The average Bonchev–Trinajstić information content (AvgIpc) is 2.60. The summed E-state index contributed by atoms with van der Waals surface area (Å²) in [5.41, 5.74) is 3.40. The minimum Gasteiger partial charge on any atom is -0.508 e. The molecule has 1 heterocycles. The molecule has 0 aromatic heterocycles. The van der Waals surface area contributed by atoms with E-state index in [1.807, 2.05) is 18.2 Å². The van der Waals surface area contributed by atoms with Crippen molar-refractivity contribution < 1.29 is 19.4 Å². The van der Waals surface area contributed by atoms with Crippen LogP contribution in [0.3, 0.4) is 0 Å². The van der Waals surface area contributed by atoms with Crippen molar-refractivity contribution >= 4 is 5.91 Å². The zero-order chi connectivity index (χ0) is 16.2. The number of ether oxygens (including phenoxy) is 2. The van der Waals surface area contributed by atoms with Crippen LogP contribution in [0.4, 0.5) is 0 Å². The number of aromatic hydroxyl groups is 1. The van der Waals surface area contributed by atoms with Gasteiger partial charge in [-0.3, -0.25) is 4.79 Å². The summed E-state index contributed by atoms with van der Waals surface area (Å²) in [4.78, 5) is 12.5. The molecule has 0 atom stereocenters. The van der Waals surface area contributed by atoms with Crippen LogP contribution in [0, 0.1) is 0 Å². The average molecular weight is 313 g/mol. The molecule has 0 saturated heterocycles. The fourth-order valence-corrected chi connectivity index (χ4v) is 2.74. The summed E-state index contributed by atoms with van der Waals surface area (Å²) in [6.45, 7) is 1.42. The van der Waals surface area contributed by atoms with E-state index >= 15 is 0 Å². The van der Waals surface area contributed by atoms with E-state index in [-0.39, 0.29) is 18.2 Å². The Bertz CT molecular complexity index is 727. The summed E-state index contributed by atoms with van der Waals surface area (Å²) in [5.74, 6) is 0.627. The highest BCUT2D eigenvalue weighted by Gasteiger charge is 2.18. The van der Waals surface area contributed by atoms with Crippen molar-refractivity contribution in [1.82, 2.24) is 5.32 Å². The van der Waals surface area contributed by atoms with Crippen LogP contribution in [0.5, 0.6) is 11.5 Å². The third kappa shape index (κ3) is 3.29. The second-order valence-electron chi connectivity index (χ2n) is 5.42. The fraction of sp³-hybridized carbons (Fsp3) is 0.278. The largest absolute Gasteiger partial charge is 0.508 e. The minimum absolute atomic E-state index is 0.134. The van der Waals surface area contributed by atoms with Crippen LogP contribution < -0.4 is 10.1 Å². The normalized spacial score (nSPS) is 13.3. The zero-order valence-electron chi connectivity index (χ0n) is 13.0. The predicted octanol–water partition coefficient (Wildman–Crippen LogP) is 2.40. The van der Waals surface area contributed by atoms with Gasteiger partial charge < -0.3 is 19.9 Å². The summed E-state index contributed by atoms with van der Waals surface area (Å²) in [6, 6.07) is 10.6. The van der Waals surface area contributed by atoms with Gasteiger partial charge in [-0.05, 0) is 41.8 Å². The molecular weight excluding hydrogens is 294 g/mol. The molecule has 0 saturated carbocycles. The molecule has 2 N–H and O–H groups in total. The van der Waals surface area contributed by atoms with Crippen LogP contribution in [-0.4, -0.2) is 24.7 Å². The van der Waals surface area contributed by atoms with Gasteiger partial charge in [-0.2, -0.15) is 0 Å². The number of phenols is 1. The molecule has 2 aromatic carbocycles. The topological polar surface area (TPSA) is 67.8 Å². The van der Waals surface area contributed by atoms with Crippen LogP contribution in [0.1, 0.15) is 27.0 Å². The van der Waals surface area contributed by atoms with Crippen LogP contribution in [-0.2, 0) is 24.3 Å². The van der Waals surface area contributed by atoms with Crippen LogP contribution in [0.2, 0.25) is 0 Å². The van der Waals surface area contributed by atoms with Crippen molar-refractivity contribution in [3.05, 3.63) is 58.7 Å². The van der Waals surface area contributed by atoms with Crippen LogP contribution >= 0.6 is 0 Å². The fourth-order valence-electron chi connectivity index (χ4n) is 2.74. The molecule has 0 radical (unpaired) electrons. The highest BCUT2D eigenvalue weighted by atomic mass is 16.5. The maximum atomic E-state index is 12.5. The van der Waals surface area contributed by atoms with Gasteiger partial charge in [0.25, 0.3) is 5.91 Å². The van der Waals surface area contributed by atoms with Crippen molar-refractivity contribution in [3.63, 3.8) is 0 Å². The molecule has 5 nitrogen and oxygen atoms in total. The number of rotatable bonds is 4. The van der Waals surface area contributed by atoms with Gasteiger partial charge in [-0.1, -0.05) is 12.1 Å². The van der Waals surface area contributed by atoms with Crippen molar-refractivity contribution in [2.45, 2.75) is 19.6 Å². The van der Waals surface area contributed by atoms with E-state index in [4.69, 9.17) is 9.47 Å². The monoisotopic (exact) mass is 313 g/mol. The quantitative estimate of drug-likeness (QED) is 0.909. The Morgan fingerprint density at radius 2 is 2.22 bits per heavy atom. The highest BCUT2D eigenvalue weighted by molar-refractivity contribution is 5.96. The van der Waals surface area contributed by atoms with Crippen molar-refractivity contribution in [1.29, 1.82) is 0 Å². The minimum atomic E-state index is -0.147. The lowest BCUT2D eigenvalue weighted by Gasteiger charge is -2.19. The number of hydrogen-bond acceptors (Lipinski definition) is 4. The first-order valence-electron chi connectivity index (χ1n) is 7.51. The third-order valence-electron chi connectivity index (χ3n) is 4.00. The van der Waals surface area contributed by atoms with Gasteiger partial charge in [0, 0.05) is 17.7 Å². The summed E-state index contributed by atoms with van der Waals surface area (Å²) in [6.07, 6.45) is 0.739. The van der Waals surface area contributed by atoms with Gasteiger partial charge in [0.2, 0.25) is 0 Å². The molecule has 0 unspecified atom stereocenters. The number of fused-ring (bicyclic) bond motifs is 1. The Morgan fingerprint density at radius 3 is 3.04 bits per heavy atom. The van der Waals surface area contributed by atoms with E-state index in [0.29, 0.717) is 30.1 Å². The second-order valence-corrected chi connectivity index (χ2v) is 5.42. The molecule has 0 spiro atoms. The Kier molecular flexibility index (Phi) is 4.48. The van der Waals surface area contributed by atoms with Gasteiger partial charge in [0.15, 0.2) is 0 Å². The Balaban J connectivity index is 1.76. The van der Waals surface area contributed by atoms with Crippen LogP contribution in [0.15, 0.2) is 36.4 Å². The Hall–Kier alpha value is -2.53. The highest BCUT2D eigenvalue weighted by Crippen LogP contribution is 2.24. The van der Waals surface area contributed by atoms with Gasteiger partial charge in [-0.25, -0.2) is 0 Å². The summed E-state index contributed by atoms with van der Waals surface area (Å²) in [7, 11) is 1.56. The lowest BCUT2D eigenvalue weighted by Crippen LogP contribution is -2.26. The SMILES string of the molecule is COc1ccc(O)c(CNC(=O)c2cccc3c2CCOC3)c1. The Morgan fingerprint density at radius 1 is 1.35 bits per heavy atom. The lowest BCUT2D eigenvalue weighted by atomic mass is 9.96. The van der Waals surface area contributed by atoms with Crippen molar-refractivity contribution in [3.8, 4) is 11.5 Å². The first-order chi connectivity index (χ1) is 11.2. The van der Waals surface area contributed by atoms with Gasteiger partial charge in [-0.15, -0.1) is 0 Å². The zero-order valence-corrected chi connectivity index (χ0v) is 13.0. The number of phenolic OH excluding ortho intramolecular Hbond substituents is 1. The maximum absolute atomic E-state index is 12.5. The second kappa shape index (κ2) is 6.71. The molecule has 0 bridgehead atoms. The van der Waals surface area contributed by atoms with Crippen LogP contribution in [0.25, 0.3) is 0 Å². The molecule has 0 fully saturated rings. The molecule has 5 heteroatoms. The van der Waals surface area contributed by atoms with E-state index in [9.17, 15) is 9.90 Å². The van der Waals surface area contributed by atoms with Gasteiger partial charge in [0.1, 0.15) is 11.5 Å². The van der Waals surface area contributed by atoms with E-state index in [2.05, 4.69) is 5.32 Å². The first-order valence-corrected chi connectivity index (χ1v) is 7.51. The number of carbonyl (C=O) groups excluding carboxylic acids is 1. The molecule has 1 aliphatic heterocycles. The van der Waals surface area contributed by atoms with E-state index < -0.39 is 0 Å². The molecule has 23 heavy (non-hydrogen) atoms. The lowest BCUT2D eigenvalue weighted by molar-refractivity contribution is 0.0938. The maximum Gasteiger partial charge on any atom is 0.251 e. The Labute approximate surface area is 134 Å². The van der Waals surface area contributed by atoms with Gasteiger partial charge in [0.05, 0.1) is 20.3 Å². The number of amides is 1. The van der Waals surface area contributed by atoms with E-state index in [1.165, 1.54) is 0 Å². The summed E-state index contributed by atoms with van der Waals surface area (Å²) in [5, 5.41) is 12.7. The number of carbonyl (C=O) groups is 1. The van der Waals surface area contributed by atoms with E-state index in [0.717, 1.165) is 17.5 Å². The first kappa shape index (κ1) is 15.4. The standard InChI is InChI=1S/C18H19NO4/c1-22-14-5-6-17(20)13(9-14)10-19-18(21)16-4-2-3-12-11-23-8-7-15(12)16/h2-6,9,20H,7-8,10-11H2,1H3,(H,19,21). The molecule has 1 aliphatic rings.